The minimum absolute atomic E-state index is 0.0217. The van der Waals surface area contributed by atoms with Crippen molar-refractivity contribution in [3.63, 3.8) is 0 Å². The standard InChI is InChI=1S/C48H96O29/c1-2-3-4-5-6-7-8-29(9-30(59)19-49)41(10-31(60)20-50,11-32(61)21-51)42(12-33(62)22-52,13-34(63)23-53)43(14-35(64)24-54,15-36(65)25-55)44(16-37(66)26-56,17-38(67)27-57)45(71,18-39(68)28-58)47(74,75)48(76,77)46(72,73)40(69)70/h29-39,49-68,71-77H,2-28H2,1H3,(H,69,70). The summed E-state index contributed by atoms with van der Waals surface area (Å²) in [6.45, 7) is -12.8. The van der Waals surface area contributed by atoms with Crippen molar-refractivity contribution in [1.29, 1.82) is 0 Å². The smallest absolute Gasteiger partial charge is 0.370 e. The van der Waals surface area contributed by atoms with Crippen molar-refractivity contribution in [2.24, 2.45) is 27.6 Å². The first-order chi connectivity index (χ1) is 35.7. The maximum atomic E-state index is 14.0. The Labute approximate surface area is 446 Å². The molecule has 0 radical (unpaired) electrons. The molecule has 0 saturated heterocycles. The first-order valence-corrected chi connectivity index (χ1v) is 25.9. The highest BCUT2D eigenvalue weighted by Gasteiger charge is 2.83. The highest BCUT2D eigenvalue weighted by atomic mass is 16.7. The quantitative estimate of drug-likeness (QED) is 0.0199. The molecular weight excluding hydrogens is 1040 g/mol. The molecule has 77 heavy (non-hydrogen) atoms. The van der Waals surface area contributed by atoms with Crippen molar-refractivity contribution in [2.75, 3.05) is 66.1 Å². The van der Waals surface area contributed by atoms with Gasteiger partial charge in [-0.25, -0.2) is 4.79 Å². The lowest BCUT2D eigenvalue weighted by molar-refractivity contribution is -0.493. The summed E-state index contributed by atoms with van der Waals surface area (Å²) in [5.74, 6) is -21.5. The predicted octanol–water partition coefficient (Wildman–Crippen LogP) is -9.41. The fourth-order valence-corrected chi connectivity index (χ4v) is 12.8. The van der Waals surface area contributed by atoms with Crippen LogP contribution in [0.1, 0.15) is 116 Å². The Morgan fingerprint density at radius 1 is 0.351 bits per heavy atom. The summed E-state index contributed by atoms with van der Waals surface area (Å²) in [5.41, 5.74) is -18.7. The molecule has 462 valence electrons. The highest BCUT2D eigenvalue weighted by Crippen LogP contribution is 2.77. The Kier molecular flexibility index (Phi) is 32.8. The van der Waals surface area contributed by atoms with E-state index in [1.54, 1.807) is 0 Å². The zero-order valence-corrected chi connectivity index (χ0v) is 43.9. The number of aliphatic hydroxyl groups excluding tert-OH is 20. The molecule has 29 heteroatoms. The molecule has 0 aromatic carbocycles. The molecule has 29 nitrogen and oxygen atoms in total. The van der Waals surface area contributed by atoms with Gasteiger partial charge in [-0.1, -0.05) is 45.4 Å². The van der Waals surface area contributed by atoms with Crippen LogP contribution in [0.5, 0.6) is 0 Å². The fourth-order valence-electron chi connectivity index (χ4n) is 12.8. The number of aliphatic carboxylic acids is 1. The third-order valence-corrected chi connectivity index (χ3v) is 16.0. The van der Waals surface area contributed by atoms with Crippen molar-refractivity contribution in [3.8, 4) is 0 Å². The van der Waals surface area contributed by atoms with Crippen LogP contribution in [-0.4, -0.2) is 299 Å². The summed E-state index contributed by atoms with van der Waals surface area (Å²) in [5, 5.41) is 322. The van der Waals surface area contributed by atoms with Crippen LogP contribution in [0.2, 0.25) is 0 Å². The molecule has 0 aromatic heterocycles. The van der Waals surface area contributed by atoms with E-state index in [9.17, 15) is 148 Å². The molecule has 12 atom stereocenters. The van der Waals surface area contributed by atoms with Crippen molar-refractivity contribution in [3.05, 3.63) is 0 Å². The van der Waals surface area contributed by atoms with Gasteiger partial charge in [-0.3, -0.25) is 0 Å². The van der Waals surface area contributed by atoms with Crippen LogP contribution in [0, 0.1) is 27.6 Å². The number of unbranched alkanes of at least 4 members (excludes halogenated alkanes) is 5. The molecule has 0 amide bonds. The molecule has 0 saturated carbocycles. The monoisotopic (exact) mass is 1140 g/mol. The van der Waals surface area contributed by atoms with Crippen molar-refractivity contribution in [2.45, 2.75) is 200 Å². The summed E-state index contributed by atoms with van der Waals surface area (Å²) >= 11 is 0. The van der Waals surface area contributed by atoms with Gasteiger partial charge in [0, 0.05) is 11.8 Å². The van der Waals surface area contributed by atoms with E-state index in [0.717, 1.165) is 12.8 Å². The Bertz CT molecular complexity index is 1560. The lowest BCUT2D eigenvalue weighted by Gasteiger charge is -2.74. The number of hydrogen-bond donors (Lipinski definition) is 28. The van der Waals surface area contributed by atoms with E-state index in [-0.39, 0.29) is 12.8 Å². The van der Waals surface area contributed by atoms with Gasteiger partial charge in [0.05, 0.1) is 127 Å². The Morgan fingerprint density at radius 3 is 0.961 bits per heavy atom. The van der Waals surface area contributed by atoms with Crippen molar-refractivity contribution in [1.82, 2.24) is 0 Å². The fraction of sp³-hybridized carbons (Fsp3) is 0.979. The topological polar surface area (TPSA) is 584 Å². The van der Waals surface area contributed by atoms with E-state index >= 15 is 0 Å². The Balaban J connectivity index is 11.8. The van der Waals surface area contributed by atoms with Gasteiger partial charge in [-0.15, -0.1) is 0 Å². The van der Waals surface area contributed by atoms with Gasteiger partial charge in [0.15, 0.2) is 0 Å². The predicted molar refractivity (Wildman–Crippen MR) is 262 cm³/mol. The summed E-state index contributed by atoms with van der Waals surface area (Å²) in [6, 6.07) is 0. The van der Waals surface area contributed by atoms with Crippen LogP contribution in [0.4, 0.5) is 0 Å². The van der Waals surface area contributed by atoms with Crippen molar-refractivity contribution >= 4 is 5.97 Å². The second kappa shape index (κ2) is 33.5. The largest absolute Gasteiger partial charge is 0.477 e. The van der Waals surface area contributed by atoms with Crippen LogP contribution in [0.3, 0.4) is 0 Å². The molecule has 0 bridgehead atoms. The third kappa shape index (κ3) is 17.2. The van der Waals surface area contributed by atoms with E-state index in [1.807, 2.05) is 6.92 Å². The maximum Gasteiger partial charge on any atom is 0.370 e. The molecule has 0 aliphatic carbocycles. The second-order valence-corrected chi connectivity index (χ2v) is 21.3. The SMILES string of the molecule is CCCCCCCCC(CC(O)CO)C(CC(O)CO)(CC(O)CO)C(CC(O)CO)(CC(O)CO)C(CC(O)CO)(CC(O)CO)C(CC(O)CO)(CC(O)CO)C(O)(CC(O)CO)C(O)(O)C(O)(O)C(O)(O)C(=O)O. The Hall–Kier alpha value is -1.61. The molecule has 0 spiro atoms. The number of aliphatic hydroxyl groups is 27. The summed E-state index contributed by atoms with van der Waals surface area (Å²) in [4.78, 5) is 12.5. The van der Waals surface area contributed by atoms with Gasteiger partial charge in [0.25, 0.3) is 11.6 Å². The van der Waals surface area contributed by atoms with E-state index in [1.165, 1.54) is 0 Å². The molecular formula is C48H96O29. The van der Waals surface area contributed by atoms with Gasteiger partial charge >= 0.3 is 11.8 Å². The van der Waals surface area contributed by atoms with Gasteiger partial charge < -0.3 is 143 Å². The first kappa shape index (κ1) is 75.4. The summed E-state index contributed by atoms with van der Waals surface area (Å²) < 4.78 is 0. The molecule has 0 rings (SSSR count). The van der Waals surface area contributed by atoms with Crippen molar-refractivity contribution < 1.29 is 148 Å². The highest BCUT2D eigenvalue weighted by molar-refractivity contribution is 5.76. The number of carboxylic acid groups (broad SMARTS) is 1. The average Bonchev–Trinajstić information content (AvgIpc) is 3.39. The molecule has 0 aromatic rings. The molecule has 0 aliphatic rings. The van der Waals surface area contributed by atoms with E-state index in [4.69, 9.17) is 0 Å². The lowest BCUT2D eigenvalue weighted by atomic mass is 9.31. The zero-order chi connectivity index (χ0) is 60.0. The molecule has 0 heterocycles. The van der Waals surface area contributed by atoms with Gasteiger partial charge in [-0.2, -0.15) is 0 Å². The molecule has 28 N–H and O–H groups in total. The zero-order valence-electron chi connectivity index (χ0n) is 43.9. The van der Waals surface area contributed by atoms with Crippen LogP contribution in [0.15, 0.2) is 0 Å². The second-order valence-electron chi connectivity index (χ2n) is 21.3. The minimum Gasteiger partial charge on any atom is -0.477 e. The summed E-state index contributed by atoms with van der Waals surface area (Å²) in [7, 11) is 0. The van der Waals surface area contributed by atoms with Crippen LogP contribution < -0.4 is 0 Å². The minimum atomic E-state index is -5.67. The Morgan fingerprint density at radius 2 is 0.636 bits per heavy atom. The number of carbonyl (C=O) groups is 1. The maximum absolute atomic E-state index is 14.0. The van der Waals surface area contributed by atoms with E-state index in [0.29, 0.717) is 19.3 Å². The summed E-state index contributed by atoms with van der Waals surface area (Å²) in [6.07, 6.45) is -37.4. The third-order valence-electron chi connectivity index (χ3n) is 16.0. The van der Waals surface area contributed by atoms with E-state index < -0.39 is 248 Å². The number of carboxylic acids is 1. The molecule has 0 aliphatic heterocycles. The normalized spacial score (nSPS) is 21.4. The number of hydrogen-bond acceptors (Lipinski definition) is 28. The van der Waals surface area contributed by atoms with Gasteiger partial charge in [0.1, 0.15) is 5.60 Å². The number of rotatable bonds is 46. The first-order valence-electron chi connectivity index (χ1n) is 25.9. The van der Waals surface area contributed by atoms with E-state index in [2.05, 4.69) is 0 Å². The molecule has 0 fully saturated rings. The van der Waals surface area contributed by atoms with Crippen LogP contribution >= 0.6 is 0 Å². The molecule has 12 unspecified atom stereocenters. The van der Waals surface area contributed by atoms with Gasteiger partial charge in [-0.05, 0) is 86.4 Å². The van der Waals surface area contributed by atoms with Crippen LogP contribution in [0.25, 0.3) is 0 Å². The van der Waals surface area contributed by atoms with Crippen LogP contribution in [-0.2, 0) is 4.79 Å². The lowest BCUT2D eigenvalue weighted by Crippen LogP contribution is -2.84. The van der Waals surface area contributed by atoms with Gasteiger partial charge in [0.2, 0.25) is 0 Å². The average molecular weight is 1140 g/mol.